The quantitative estimate of drug-likeness (QED) is 0.675. The summed E-state index contributed by atoms with van der Waals surface area (Å²) < 4.78 is 39.3. The van der Waals surface area contributed by atoms with Gasteiger partial charge in [0.1, 0.15) is 5.54 Å². The maximum atomic E-state index is 12.7. The molecule has 0 unspecified atom stereocenters. The zero-order valence-corrected chi connectivity index (χ0v) is 15.6. The van der Waals surface area contributed by atoms with Crippen molar-refractivity contribution in [2.24, 2.45) is 0 Å². The van der Waals surface area contributed by atoms with Crippen LogP contribution in [0.15, 0.2) is 0 Å². The summed E-state index contributed by atoms with van der Waals surface area (Å²) in [6.45, 7) is 4.74. The standard InChI is InChI=1S/C15H27N3O6S/c1-3-23-13(19)15(7-5-6-8-15)16-25(21,22)18-11-9-17(10-12-18)14(20)24-4-2/h16H,3-12H2,1-2H3. The molecular formula is C15H27N3O6S. The molecule has 2 aliphatic rings. The third-order valence-electron chi connectivity index (χ3n) is 4.55. The van der Waals surface area contributed by atoms with E-state index in [1.165, 1.54) is 9.21 Å². The highest BCUT2D eigenvalue weighted by molar-refractivity contribution is 7.87. The Bertz CT molecular complexity index is 580. The zero-order chi connectivity index (χ0) is 18.5. The van der Waals surface area contributed by atoms with Gasteiger partial charge >= 0.3 is 12.1 Å². The largest absolute Gasteiger partial charge is 0.465 e. The van der Waals surface area contributed by atoms with Gasteiger partial charge in [-0.2, -0.15) is 17.4 Å². The lowest BCUT2D eigenvalue weighted by Crippen LogP contribution is -2.60. The number of nitrogens with one attached hydrogen (secondary N) is 1. The van der Waals surface area contributed by atoms with Crippen molar-refractivity contribution in [3.05, 3.63) is 0 Å². The summed E-state index contributed by atoms with van der Waals surface area (Å²) in [6.07, 6.45) is 1.99. The topological polar surface area (TPSA) is 105 Å². The summed E-state index contributed by atoms with van der Waals surface area (Å²) in [5.74, 6) is -0.513. The zero-order valence-electron chi connectivity index (χ0n) is 14.8. The molecule has 1 saturated heterocycles. The Morgan fingerprint density at radius 2 is 1.56 bits per heavy atom. The third kappa shape index (κ3) is 4.62. The number of rotatable bonds is 6. The van der Waals surface area contributed by atoms with Crippen LogP contribution in [0.4, 0.5) is 4.79 Å². The Balaban J connectivity index is 2.01. The van der Waals surface area contributed by atoms with E-state index in [0.717, 1.165) is 12.8 Å². The molecule has 0 aromatic rings. The number of carbonyl (C=O) groups excluding carboxylic acids is 2. The van der Waals surface area contributed by atoms with Crippen LogP contribution in [0.25, 0.3) is 0 Å². The number of ether oxygens (including phenoxy) is 2. The van der Waals surface area contributed by atoms with Crippen LogP contribution in [-0.4, -0.2) is 74.6 Å². The van der Waals surface area contributed by atoms with E-state index in [1.807, 2.05) is 0 Å². The molecule has 1 N–H and O–H groups in total. The molecule has 1 aliphatic carbocycles. The Morgan fingerprint density at radius 3 is 2.08 bits per heavy atom. The fourth-order valence-electron chi connectivity index (χ4n) is 3.23. The lowest BCUT2D eigenvalue weighted by atomic mass is 10.00. The van der Waals surface area contributed by atoms with Crippen LogP contribution in [0, 0.1) is 0 Å². The minimum absolute atomic E-state index is 0.160. The fraction of sp³-hybridized carbons (Fsp3) is 0.867. The van der Waals surface area contributed by atoms with Crippen LogP contribution in [-0.2, 0) is 24.5 Å². The van der Waals surface area contributed by atoms with Gasteiger partial charge in [0.2, 0.25) is 0 Å². The van der Waals surface area contributed by atoms with Crippen molar-refractivity contribution in [2.45, 2.75) is 45.1 Å². The average molecular weight is 377 g/mol. The van der Waals surface area contributed by atoms with Gasteiger partial charge in [-0.25, -0.2) is 4.79 Å². The van der Waals surface area contributed by atoms with Gasteiger partial charge in [-0.15, -0.1) is 0 Å². The Labute approximate surface area is 148 Å². The molecule has 0 bridgehead atoms. The maximum absolute atomic E-state index is 12.7. The summed E-state index contributed by atoms with van der Waals surface area (Å²) in [7, 11) is -3.85. The first-order valence-electron chi connectivity index (χ1n) is 8.72. The highest BCUT2D eigenvalue weighted by atomic mass is 32.2. The van der Waals surface area contributed by atoms with Gasteiger partial charge in [-0.05, 0) is 26.7 Å². The number of esters is 1. The van der Waals surface area contributed by atoms with Gasteiger partial charge in [0.25, 0.3) is 10.2 Å². The number of amides is 1. The molecule has 10 heteroatoms. The van der Waals surface area contributed by atoms with Gasteiger partial charge in [0.05, 0.1) is 13.2 Å². The summed E-state index contributed by atoms with van der Waals surface area (Å²) in [5, 5.41) is 0. The molecule has 144 valence electrons. The molecule has 0 aromatic heterocycles. The van der Waals surface area contributed by atoms with Crippen molar-refractivity contribution >= 4 is 22.3 Å². The first-order valence-corrected chi connectivity index (χ1v) is 10.2. The lowest BCUT2D eigenvalue weighted by molar-refractivity contribution is -0.150. The van der Waals surface area contributed by atoms with Crippen molar-refractivity contribution in [1.29, 1.82) is 0 Å². The monoisotopic (exact) mass is 377 g/mol. The third-order valence-corrected chi connectivity index (χ3v) is 6.25. The molecule has 0 radical (unpaired) electrons. The van der Waals surface area contributed by atoms with E-state index < -0.39 is 27.8 Å². The summed E-state index contributed by atoms with van der Waals surface area (Å²) in [4.78, 5) is 25.5. The minimum atomic E-state index is -3.85. The molecule has 1 saturated carbocycles. The van der Waals surface area contributed by atoms with E-state index in [0.29, 0.717) is 12.8 Å². The van der Waals surface area contributed by atoms with E-state index in [9.17, 15) is 18.0 Å². The normalized spacial score (nSPS) is 21.1. The number of piperazine rings is 1. The molecule has 2 rings (SSSR count). The van der Waals surface area contributed by atoms with E-state index in [-0.39, 0.29) is 39.4 Å². The summed E-state index contributed by atoms with van der Waals surface area (Å²) in [6, 6.07) is 0. The van der Waals surface area contributed by atoms with Crippen LogP contribution in [0.1, 0.15) is 39.5 Å². The highest BCUT2D eigenvalue weighted by Gasteiger charge is 2.47. The van der Waals surface area contributed by atoms with Crippen LogP contribution in [0.2, 0.25) is 0 Å². The second-order valence-electron chi connectivity index (χ2n) is 6.20. The van der Waals surface area contributed by atoms with E-state index in [2.05, 4.69) is 4.72 Å². The first-order chi connectivity index (χ1) is 11.8. The van der Waals surface area contributed by atoms with E-state index in [1.54, 1.807) is 13.8 Å². The number of hydrogen-bond acceptors (Lipinski definition) is 6. The highest BCUT2D eigenvalue weighted by Crippen LogP contribution is 2.32. The molecule has 2 fully saturated rings. The van der Waals surface area contributed by atoms with Crippen LogP contribution < -0.4 is 4.72 Å². The molecule has 0 atom stereocenters. The Morgan fingerprint density at radius 1 is 1.00 bits per heavy atom. The fourth-order valence-corrected chi connectivity index (χ4v) is 4.79. The van der Waals surface area contributed by atoms with E-state index in [4.69, 9.17) is 9.47 Å². The summed E-state index contributed by atoms with van der Waals surface area (Å²) in [5.41, 5.74) is -1.17. The van der Waals surface area contributed by atoms with Gasteiger partial charge < -0.3 is 14.4 Å². The molecule has 1 amide bonds. The van der Waals surface area contributed by atoms with Crippen LogP contribution in [0.3, 0.4) is 0 Å². The second kappa shape index (κ2) is 8.33. The minimum Gasteiger partial charge on any atom is -0.465 e. The summed E-state index contributed by atoms with van der Waals surface area (Å²) >= 11 is 0. The molecule has 0 spiro atoms. The number of carbonyl (C=O) groups is 2. The second-order valence-corrected chi connectivity index (χ2v) is 7.87. The first kappa shape index (κ1) is 19.9. The van der Waals surface area contributed by atoms with Gasteiger partial charge in [0.15, 0.2) is 0 Å². The predicted octanol–water partition coefficient (Wildman–Crippen LogP) is 0.471. The van der Waals surface area contributed by atoms with Crippen LogP contribution in [0.5, 0.6) is 0 Å². The Kier molecular flexibility index (Phi) is 6.64. The van der Waals surface area contributed by atoms with Gasteiger partial charge in [-0.3, -0.25) is 4.79 Å². The van der Waals surface area contributed by atoms with Crippen molar-refractivity contribution in [2.75, 3.05) is 39.4 Å². The molecule has 9 nitrogen and oxygen atoms in total. The van der Waals surface area contributed by atoms with E-state index >= 15 is 0 Å². The maximum Gasteiger partial charge on any atom is 0.409 e. The van der Waals surface area contributed by atoms with Crippen molar-refractivity contribution in [3.63, 3.8) is 0 Å². The molecular weight excluding hydrogens is 350 g/mol. The van der Waals surface area contributed by atoms with Crippen LogP contribution >= 0.6 is 0 Å². The lowest BCUT2D eigenvalue weighted by Gasteiger charge is -2.36. The van der Waals surface area contributed by atoms with Crippen molar-refractivity contribution < 1.29 is 27.5 Å². The number of hydrogen-bond donors (Lipinski definition) is 1. The molecule has 0 aromatic carbocycles. The smallest absolute Gasteiger partial charge is 0.409 e. The molecule has 1 heterocycles. The molecule has 1 aliphatic heterocycles. The van der Waals surface area contributed by atoms with Gasteiger partial charge in [-0.1, -0.05) is 12.8 Å². The number of nitrogens with zero attached hydrogens (tertiary/aromatic N) is 2. The van der Waals surface area contributed by atoms with Crippen molar-refractivity contribution in [3.8, 4) is 0 Å². The average Bonchev–Trinajstić information content (AvgIpc) is 3.04. The Hall–Kier alpha value is -1.39. The molecule has 25 heavy (non-hydrogen) atoms. The SMILES string of the molecule is CCOC(=O)N1CCN(S(=O)(=O)NC2(C(=O)OCC)CCCC2)CC1. The van der Waals surface area contributed by atoms with Crippen molar-refractivity contribution in [1.82, 2.24) is 13.9 Å². The van der Waals surface area contributed by atoms with Gasteiger partial charge in [0, 0.05) is 26.2 Å². The predicted molar refractivity (Wildman–Crippen MR) is 90.1 cm³/mol.